The van der Waals surface area contributed by atoms with Gasteiger partial charge < -0.3 is 10.1 Å². The van der Waals surface area contributed by atoms with Crippen molar-refractivity contribution in [1.29, 1.82) is 0 Å². The summed E-state index contributed by atoms with van der Waals surface area (Å²) in [6.07, 6.45) is 9.01. The largest absolute Gasteiger partial charge is 0.443 e. The Morgan fingerprint density at radius 3 is 2.22 bits per heavy atom. The molecule has 0 spiro atoms. The van der Waals surface area contributed by atoms with Crippen LogP contribution in [0.3, 0.4) is 0 Å². The molecule has 124 valence electrons. The molecule has 0 radical (unpaired) electrons. The summed E-state index contributed by atoms with van der Waals surface area (Å²) in [6.45, 7) is 5.37. The second-order valence-corrected chi connectivity index (χ2v) is 7.33. The molecule has 6 heteroatoms. The Bertz CT molecular complexity index is 602. The Kier molecular flexibility index (Phi) is 3.78. The molecule has 2 heterocycles. The fourth-order valence-corrected chi connectivity index (χ4v) is 3.22. The van der Waals surface area contributed by atoms with E-state index in [9.17, 15) is 14.4 Å². The van der Waals surface area contributed by atoms with Crippen molar-refractivity contribution >= 4 is 17.9 Å². The minimum atomic E-state index is -0.553. The molecule has 2 fully saturated rings. The first kappa shape index (κ1) is 15.8. The van der Waals surface area contributed by atoms with Crippen LogP contribution in [0.5, 0.6) is 0 Å². The van der Waals surface area contributed by atoms with Gasteiger partial charge in [-0.2, -0.15) is 0 Å². The number of nitrogens with zero attached hydrogens (tertiary/aromatic N) is 1. The quantitative estimate of drug-likeness (QED) is 0.691. The fraction of sp³-hybridized carbons (Fsp3) is 0.588. The minimum Gasteiger partial charge on any atom is -0.443 e. The smallest absolute Gasteiger partial charge is 0.417 e. The molecule has 3 amide bonds. The molecule has 4 rings (SSSR count). The molecule has 4 bridgehead atoms. The van der Waals surface area contributed by atoms with E-state index in [0.717, 1.165) is 12.8 Å². The first-order valence-corrected chi connectivity index (χ1v) is 7.98. The van der Waals surface area contributed by atoms with Gasteiger partial charge in [0, 0.05) is 6.04 Å². The third kappa shape index (κ3) is 3.16. The highest BCUT2D eigenvalue weighted by Gasteiger charge is 2.45. The van der Waals surface area contributed by atoms with E-state index in [1.54, 1.807) is 20.8 Å². The van der Waals surface area contributed by atoms with Crippen molar-refractivity contribution in [1.82, 2.24) is 10.2 Å². The summed E-state index contributed by atoms with van der Waals surface area (Å²) < 4.78 is 5.18. The third-order valence-corrected chi connectivity index (χ3v) is 4.29. The van der Waals surface area contributed by atoms with Crippen molar-refractivity contribution in [3.05, 3.63) is 24.3 Å². The molecule has 0 aromatic heterocycles. The summed E-state index contributed by atoms with van der Waals surface area (Å²) in [5, 5.41) is 2.83. The van der Waals surface area contributed by atoms with E-state index in [1.165, 1.54) is 4.90 Å². The van der Waals surface area contributed by atoms with Crippen LogP contribution in [0, 0.1) is 11.8 Å². The first-order chi connectivity index (χ1) is 10.7. The normalized spacial score (nSPS) is 32.9. The molecule has 2 saturated heterocycles. The van der Waals surface area contributed by atoms with E-state index >= 15 is 0 Å². The van der Waals surface area contributed by atoms with Gasteiger partial charge in [0.25, 0.3) is 0 Å². The second-order valence-electron chi connectivity index (χ2n) is 7.33. The number of hydrogen-bond acceptors (Lipinski definition) is 4. The first-order valence-electron chi connectivity index (χ1n) is 7.98. The number of rotatable bonds is 0. The zero-order valence-electron chi connectivity index (χ0n) is 13.6. The van der Waals surface area contributed by atoms with Crippen LogP contribution in [0.1, 0.15) is 33.6 Å². The van der Waals surface area contributed by atoms with Gasteiger partial charge >= 0.3 is 6.09 Å². The summed E-state index contributed by atoms with van der Waals surface area (Å²) in [6, 6.07) is 0.282. The monoisotopic (exact) mass is 318 g/mol. The number of amides is 3. The van der Waals surface area contributed by atoms with Crippen LogP contribution in [-0.4, -0.2) is 40.5 Å². The Morgan fingerprint density at radius 1 is 1.13 bits per heavy atom. The van der Waals surface area contributed by atoms with Gasteiger partial charge in [-0.1, -0.05) is 24.3 Å². The summed E-state index contributed by atoms with van der Waals surface area (Å²) in [4.78, 5) is 35.3. The number of imide groups is 1. The van der Waals surface area contributed by atoms with Crippen LogP contribution < -0.4 is 5.32 Å². The molecule has 23 heavy (non-hydrogen) atoms. The molecule has 1 N–H and O–H groups in total. The van der Waals surface area contributed by atoms with Gasteiger partial charge in [0.1, 0.15) is 5.60 Å². The molecule has 0 aromatic carbocycles. The van der Waals surface area contributed by atoms with Crippen LogP contribution in [0.4, 0.5) is 4.79 Å². The number of hydrogen-bond donors (Lipinski definition) is 1. The molecule has 2 aliphatic heterocycles. The van der Waals surface area contributed by atoms with Crippen molar-refractivity contribution in [2.75, 3.05) is 0 Å². The highest BCUT2D eigenvalue weighted by molar-refractivity contribution is 5.98. The van der Waals surface area contributed by atoms with Crippen LogP contribution in [-0.2, 0) is 14.3 Å². The Hall–Kier alpha value is -2.11. The molecule has 6 nitrogen and oxygen atoms in total. The van der Waals surface area contributed by atoms with Gasteiger partial charge in [-0.05, 0) is 33.6 Å². The van der Waals surface area contributed by atoms with E-state index in [-0.39, 0.29) is 29.7 Å². The highest BCUT2D eigenvalue weighted by Crippen LogP contribution is 2.33. The number of fused-ring (bicyclic) bond motifs is 4. The van der Waals surface area contributed by atoms with Crippen molar-refractivity contribution in [2.45, 2.75) is 51.3 Å². The maximum absolute atomic E-state index is 11.7. The van der Waals surface area contributed by atoms with E-state index in [2.05, 4.69) is 11.4 Å². The minimum absolute atomic E-state index is 0.0858. The summed E-state index contributed by atoms with van der Waals surface area (Å²) in [5.74, 6) is 0.178. The topological polar surface area (TPSA) is 75.7 Å². The zero-order valence-corrected chi connectivity index (χ0v) is 13.6. The molecule has 4 atom stereocenters. The fourth-order valence-electron chi connectivity index (χ4n) is 3.22. The van der Waals surface area contributed by atoms with E-state index in [1.807, 2.05) is 18.2 Å². The lowest BCUT2D eigenvalue weighted by molar-refractivity contribution is -0.130. The predicted molar refractivity (Wildman–Crippen MR) is 83.3 cm³/mol. The number of carbonyl (C=O) groups is 3. The standard InChI is InChI=1S/C11H15NO3.C6H7NO/c1-11(2,3)15-10(14)12-8-5-4-7(6-8)9(12)13;8-6-4-1-2-5(3-4)7-6/h4-5,7-8H,6H2,1-3H3;1-2,4-5H,3H2,(H,7,8)/t7-,8+;4-,5+/m11/s1. The van der Waals surface area contributed by atoms with Gasteiger partial charge in [0.2, 0.25) is 11.8 Å². The number of likely N-dealkylation sites (tertiary alicyclic amines) is 1. The maximum Gasteiger partial charge on any atom is 0.417 e. The van der Waals surface area contributed by atoms with E-state index in [0.29, 0.717) is 6.04 Å². The number of ether oxygens (including phenoxy) is 1. The van der Waals surface area contributed by atoms with Crippen molar-refractivity contribution in [3.63, 3.8) is 0 Å². The van der Waals surface area contributed by atoms with E-state index in [4.69, 9.17) is 4.74 Å². The molecule has 2 aliphatic carbocycles. The SMILES string of the molecule is CC(C)(C)OC(=O)N1C(=O)[C@@H]2C=C[C@H]1C2.O=C1N[C@H]2C=C[C@@H]1C2. The molecule has 0 saturated carbocycles. The average molecular weight is 318 g/mol. The lowest BCUT2D eigenvalue weighted by atomic mass is 10.1. The number of nitrogens with one attached hydrogen (secondary N) is 1. The van der Waals surface area contributed by atoms with Crippen molar-refractivity contribution in [3.8, 4) is 0 Å². The average Bonchev–Trinajstić information content (AvgIpc) is 3.15. The third-order valence-electron chi connectivity index (χ3n) is 4.29. The molecule has 0 unspecified atom stereocenters. The van der Waals surface area contributed by atoms with Gasteiger partial charge in [-0.25, -0.2) is 9.69 Å². The van der Waals surface area contributed by atoms with Crippen LogP contribution in [0.15, 0.2) is 24.3 Å². The van der Waals surface area contributed by atoms with Crippen molar-refractivity contribution < 1.29 is 19.1 Å². The Morgan fingerprint density at radius 2 is 1.83 bits per heavy atom. The summed E-state index contributed by atoms with van der Waals surface area (Å²) in [7, 11) is 0. The summed E-state index contributed by atoms with van der Waals surface area (Å²) >= 11 is 0. The highest BCUT2D eigenvalue weighted by atomic mass is 16.6. The van der Waals surface area contributed by atoms with Crippen molar-refractivity contribution in [2.24, 2.45) is 11.8 Å². The zero-order chi connectivity index (χ0) is 16.8. The molecule has 4 aliphatic rings. The lowest BCUT2D eigenvalue weighted by Crippen LogP contribution is -2.43. The van der Waals surface area contributed by atoms with Crippen LogP contribution in [0.2, 0.25) is 0 Å². The molecular weight excluding hydrogens is 296 g/mol. The number of carbonyl (C=O) groups excluding carboxylic acids is 3. The Balaban J connectivity index is 0.000000162. The molecular formula is C17H22N2O4. The van der Waals surface area contributed by atoms with Gasteiger partial charge in [-0.15, -0.1) is 0 Å². The second kappa shape index (κ2) is 5.51. The Labute approximate surface area is 135 Å². The predicted octanol–water partition coefficient (Wildman–Crippen LogP) is 1.77. The van der Waals surface area contributed by atoms with Gasteiger partial charge in [0.15, 0.2) is 0 Å². The maximum atomic E-state index is 11.7. The van der Waals surface area contributed by atoms with Gasteiger partial charge in [-0.3, -0.25) is 9.59 Å². The van der Waals surface area contributed by atoms with Gasteiger partial charge in [0.05, 0.1) is 17.9 Å². The van der Waals surface area contributed by atoms with Crippen LogP contribution in [0.25, 0.3) is 0 Å². The van der Waals surface area contributed by atoms with Crippen LogP contribution >= 0.6 is 0 Å². The lowest BCUT2D eigenvalue weighted by Gasteiger charge is -2.26. The summed E-state index contributed by atoms with van der Waals surface area (Å²) in [5.41, 5.74) is -0.553. The van der Waals surface area contributed by atoms with E-state index < -0.39 is 11.7 Å². The molecule has 0 aromatic rings.